The smallest absolute Gasteiger partial charge is 0.303 e. The first kappa shape index (κ1) is 13.2. The van der Waals surface area contributed by atoms with Crippen LogP contribution in [0.2, 0.25) is 0 Å². The Morgan fingerprint density at radius 3 is 2.74 bits per heavy atom. The van der Waals surface area contributed by atoms with E-state index in [4.69, 9.17) is 5.11 Å². The average molecular weight is 266 g/mol. The Hall–Kier alpha value is -2.24. The third-order valence-corrected chi connectivity index (χ3v) is 2.86. The van der Waals surface area contributed by atoms with Gasteiger partial charge in [0.15, 0.2) is 11.6 Å². The first-order chi connectivity index (χ1) is 8.99. The maximum absolute atomic E-state index is 13.2. The summed E-state index contributed by atoms with van der Waals surface area (Å²) in [6, 6.07) is 3.49. The van der Waals surface area contributed by atoms with Crippen molar-refractivity contribution in [1.29, 1.82) is 0 Å². The molecule has 4 nitrogen and oxygen atoms in total. The number of carboxylic acids is 1. The fourth-order valence-electron chi connectivity index (χ4n) is 1.87. The number of halogens is 2. The average Bonchev–Trinajstić information content (AvgIpc) is 2.71. The number of aliphatic carboxylic acids is 1. The molecule has 6 heteroatoms. The van der Waals surface area contributed by atoms with E-state index in [0.29, 0.717) is 16.8 Å². The zero-order valence-corrected chi connectivity index (χ0v) is 10.2. The van der Waals surface area contributed by atoms with Crippen LogP contribution in [0.5, 0.6) is 0 Å². The van der Waals surface area contributed by atoms with E-state index < -0.39 is 17.6 Å². The maximum Gasteiger partial charge on any atom is 0.303 e. The second-order valence-corrected chi connectivity index (χ2v) is 4.20. The molecule has 1 aromatic carbocycles. The number of benzene rings is 1. The van der Waals surface area contributed by atoms with Gasteiger partial charge in [0.05, 0.1) is 5.69 Å². The number of carbonyl (C=O) groups is 1. The molecule has 0 aliphatic rings. The van der Waals surface area contributed by atoms with Gasteiger partial charge in [-0.3, -0.25) is 9.89 Å². The van der Waals surface area contributed by atoms with Crippen molar-refractivity contribution in [2.45, 2.75) is 19.8 Å². The van der Waals surface area contributed by atoms with E-state index in [2.05, 4.69) is 10.2 Å². The summed E-state index contributed by atoms with van der Waals surface area (Å²) in [5, 5.41) is 15.5. The third-order valence-electron chi connectivity index (χ3n) is 2.86. The maximum atomic E-state index is 13.2. The van der Waals surface area contributed by atoms with Gasteiger partial charge in [0.2, 0.25) is 0 Å². The van der Waals surface area contributed by atoms with E-state index in [1.165, 1.54) is 6.07 Å². The number of rotatable bonds is 4. The highest BCUT2D eigenvalue weighted by molar-refractivity contribution is 5.69. The molecule has 1 aromatic heterocycles. The molecule has 19 heavy (non-hydrogen) atoms. The Kier molecular flexibility index (Phi) is 3.59. The van der Waals surface area contributed by atoms with Crippen molar-refractivity contribution in [3.8, 4) is 11.3 Å². The van der Waals surface area contributed by atoms with Gasteiger partial charge in [-0.15, -0.1) is 0 Å². The predicted octanol–water partition coefficient (Wildman–Crippen LogP) is 2.68. The zero-order chi connectivity index (χ0) is 14.0. The van der Waals surface area contributed by atoms with Gasteiger partial charge in [0, 0.05) is 23.2 Å². The van der Waals surface area contributed by atoms with E-state index in [9.17, 15) is 13.6 Å². The molecule has 0 saturated heterocycles. The minimum atomic E-state index is -0.956. The molecule has 0 aliphatic carbocycles. The highest BCUT2D eigenvalue weighted by Gasteiger charge is 2.15. The monoisotopic (exact) mass is 266 g/mol. The lowest BCUT2D eigenvalue weighted by Gasteiger charge is -2.03. The van der Waals surface area contributed by atoms with Crippen LogP contribution in [-0.2, 0) is 11.2 Å². The van der Waals surface area contributed by atoms with Crippen LogP contribution in [0, 0.1) is 18.6 Å². The largest absolute Gasteiger partial charge is 0.481 e. The first-order valence-electron chi connectivity index (χ1n) is 5.70. The second kappa shape index (κ2) is 5.17. The number of aromatic nitrogens is 2. The molecular formula is C13H12F2N2O2. The Bertz CT molecular complexity index is 623. The van der Waals surface area contributed by atoms with Gasteiger partial charge >= 0.3 is 5.97 Å². The molecule has 2 N–H and O–H groups in total. The molecule has 0 atom stereocenters. The minimum absolute atomic E-state index is 0.0446. The van der Waals surface area contributed by atoms with Crippen molar-refractivity contribution >= 4 is 5.97 Å². The van der Waals surface area contributed by atoms with Crippen molar-refractivity contribution in [2.75, 3.05) is 0 Å². The van der Waals surface area contributed by atoms with E-state index in [-0.39, 0.29) is 12.8 Å². The fourth-order valence-corrected chi connectivity index (χ4v) is 1.87. The van der Waals surface area contributed by atoms with Crippen LogP contribution in [-0.4, -0.2) is 21.3 Å². The standard InChI is InChI=1S/C13H12F2N2O2/c1-7-9(3-5-12(18)19)13(17-16-7)8-2-4-10(14)11(15)6-8/h2,4,6H,3,5H2,1H3,(H,16,17)(H,18,19). The topological polar surface area (TPSA) is 66.0 Å². The predicted molar refractivity (Wildman–Crippen MR) is 64.6 cm³/mol. The van der Waals surface area contributed by atoms with Crippen LogP contribution in [0.15, 0.2) is 18.2 Å². The van der Waals surface area contributed by atoms with Crippen LogP contribution in [0.25, 0.3) is 11.3 Å². The Balaban J connectivity index is 2.38. The molecule has 0 spiro atoms. The molecule has 0 saturated carbocycles. The lowest BCUT2D eigenvalue weighted by molar-refractivity contribution is -0.136. The number of hydrogen-bond donors (Lipinski definition) is 2. The van der Waals surface area contributed by atoms with Crippen LogP contribution >= 0.6 is 0 Å². The van der Waals surface area contributed by atoms with Crippen LogP contribution in [0.3, 0.4) is 0 Å². The highest BCUT2D eigenvalue weighted by Crippen LogP contribution is 2.26. The van der Waals surface area contributed by atoms with Gasteiger partial charge in [-0.2, -0.15) is 5.10 Å². The van der Waals surface area contributed by atoms with Gasteiger partial charge in [-0.05, 0) is 31.5 Å². The van der Waals surface area contributed by atoms with E-state index in [1.54, 1.807) is 6.92 Å². The third kappa shape index (κ3) is 2.78. The number of aryl methyl sites for hydroxylation is 1. The fraction of sp³-hybridized carbons (Fsp3) is 0.231. The van der Waals surface area contributed by atoms with Crippen LogP contribution < -0.4 is 0 Å². The Morgan fingerprint density at radius 1 is 1.37 bits per heavy atom. The van der Waals surface area contributed by atoms with Crippen molar-refractivity contribution in [2.24, 2.45) is 0 Å². The summed E-state index contributed by atoms with van der Waals surface area (Å²) in [5.41, 5.74) is 2.30. The van der Waals surface area contributed by atoms with Gasteiger partial charge < -0.3 is 5.11 Å². The zero-order valence-electron chi connectivity index (χ0n) is 10.2. The van der Waals surface area contributed by atoms with Crippen molar-refractivity contribution in [3.05, 3.63) is 41.1 Å². The van der Waals surface area contributed by atoms with Gasteiger partial charge in [0.25, 0.3) is 0 Å². The summed E-state index contributed by atoms with van der Waals surface area (Å²) in [7, 11) is 0. The molecule has 1 heterocycles. The lowest BCUT2D eigenvalue weighted by Crippen LogP contribution is -1.99. The summed E-state index contributed by atoms with van der Waals surface area (Å²) >= 11 is 0. The molecule has 2 rings (SSSR count). The molecule has 0 amide bonds. The number of aromatic amines is 1. The summed E-state index contributed by atoms with van der Waals surface area (Å²) in [4.78, 5) is 10.6. The second-order valence-electron chi connectivity index (χ2n) is 4.20. The number of H-pyrrole nitrogens is 1. The molecule has 2 aromatic rings. The first-order valence-corrected chi connectivity index (χ1v) is 5.70. The molecular weight excluding hydrogens is 254 g/mol. The molecule has 100 valence electrons. The Morgan fingerprint density at radius 2 is 2.11 bits per heavy atom. The summed E-state index contributed by atoms with van der Waals surface area (Å²) in [5.74, 6) is -2.80. The number of hydrogen-bond acceptors (Lipinski definition) is 2. The summed E-state index contributed by atoms with van der Waals surface area (Å²) < 4.78 is 26.1. The summed E-state index contributed by atoms with van der Waals surface area (Å²) in [6.07, 6.45) is 0.239. The summed E-state index contributed by atoms with van der Waals surface area (Å²) in [6.45, 7) is 1.76. The quantitative estimate of drug-likeness (QED) is 0.894. The molecule has 0 unspecified atom stereocenters. The molecule has 0 radical (unpaired) electrons. The SMILES string of the molecule is Cc1[nH]nc(-c2ccc(F)c(F)c2)c1CCC(=O)O. The van der Waals surface area contributed by atoms with E-state index >= 15 is 0 Å². The number of nitrogens with zero attached hydrogens (tertiary/aromatic N) is 1. The van der Waals surface area contributed by atoms with Crippen molar-refractivity contribution in [3.63, 3.8) is 0 Å². The van der Waals surface area contributed by atoms with E-state index in [1.807, 2.05) is 0 Å². The normalized spacial score (nSPS) is 10.7. The van der Waals surface area contributed by atoms with Gasteiger partial charge in [-0.1, -0.05) is 0 Å². The molecule has 0 fully saturated rings. The van der Waals surface area contributed by atoms with E-state index in [0.717, 1.165) is 17.8 Å². The molecule has 0 aliphatic heterocycles. The highest BCUT2D eigenvalue weighted by atomic mass is 19.2. The van der Waals surface area contributed by atoms with Crippen LogP contribution in [0.1, 0.15) is 17.7 Å². The van der Waals surface area contributed by atoms with Crippen molar-refractivity contribution < 1.29 is 18.7 Å². The van der Waals surface area contributed by atoms with Gasteiger partial charge in [-0.25, -0.2) is 8.78 Å². The minimum Gasteiger partial charge on any atom is -0.481 e. The van der Waals surface area contributed by atoms with Crippen LogP contribution in [0.4, 0.5) is 8.78 Å². The van der Waals surface area contributed by atoms with Crippen molar-refractivity contribution in [1.82, 2.24) is 10.2 Å². The number of carboxylic acid groups (broad SMARTS) is 1. The molecule has 0 bridgehead atoms. The van der Waals surface area contributed by atoms with Gasteiger partial charge in [0.1, 0.15) is 0 Å². The number of nitrogens with one attached hydrogen (secondary N) is 1. The Labute approximate surface area is 108 Å². The lowest BCUT2D eigenvalue weighted by atomic mass is 10.0.